The molecule has 0 atom stereocenters. The zero-order valence-electron chi connectivity index (χ0n) is 10.2. The lowest BCUT2D eigenvalue weighted by Gasteiger charge is -2.02. The summed E-state index contributed by atoms with van der Waals surface area (Å²) in [6.07, 6.45) is 4.45. The van der Waals surface area contributed by atoms with Crippen molar-refractivity contribution in [1.82, 2.24) is 24.5 Å². The molecule has 0 aromatic carbocycles. The van der Waals surface area contributed by atoms with Gasteiger partial charge < -0.3 is 0 Å². The van der Waals surface area contributed by atoms with Gasteiger partial charge in [-0.1, -0.05) is 16.9 Å². The Kier molecular flexibility index (Phi) is 3.03. The molecule has 0 amide bonds. The van der Waals surface area contributed by atoms with Crippen molar-refractivity contribution in [2.45, 2.75) is 26.8 Å². The van der Waals surface area contributed by atoms with Crippen molar-refractivity contribution in [2.75, 3.05) is 0 Å². The second-order valence-corrected chi connectivity index (χ2v) is 4.20. The zero-order valence-corrected chi connectivity index (χ0v) is 10.2. The summed E-state index contributed by atoms with van der Waals surface area (Å²) in [7, 11) is 1.72. The van der Waals surface area contributed by atoms with Crippen LogP contribution in [-0.4, -0.2) is 24.5 Å². The van der Waals surface area contributed by atoms with Crippen molar-refractivity contribution in [3.8, 4) is 0 Å². The van der Waals surface area contributed by atoms with Crippen LogP contribution in [-0.2, 0) is 13.6 Å². The summed E-state index contributed by atoms with van der Waals surface area (Å²) < 4.78 is 3.06. The first kappa shape index (κ1) is 11.5. The summed E-state index contributed by atoms with van der Waals surface area (Å²) in [6.45, 7) is 4.68. The topological polar surface area (TPSA) is 65.6 Å². The average Bonchev–Trinajstić information content (AvgIpc) is 2.64. The minimum absolute atomic E-state index is 0.134. The predicted octanol–water partition coefficient (Wildman–Crippen LogP) is 0.881. The molecular weight excluding hydrogens is 218 g/mol. The van der Waals surface area contributed by atoms with Crippen LogP contribution in [0.5, 0.6) is 0 Å². The summed E-state index contributed by atoms with van der Waals surface area (Å²) in [5.74, 6) is 0. The largest absolute Gasteiger partial charge is 0.297 e. The summed E-state index contributed by atoms with van der Waals surface area (Å²) in [4.78, 5) is 16.2. The van der Waals surface area contributed by atoms with Gasteiger partial charge >= 0.3 is 0 Å². The number of nitrogens with zero attached hydrogens (tertiary/aromatic N) is 5. The van der Waals surface area contributed by atoms with E-state index in [-0.39, 0.29) is 5.56 Å². The van der Waals surface area contributed by atoms with Crippen LogP contribution >= 0.6 is 0 Å². The van der Waals surface area contributed by atoms with Gasteiger partial charge in [0.05, 0.1) is 0 Å². The highest BCUT2D eigenvalue weighted by Crippen LogP contribution is 2.00. The molecule has 0 bridgehead atoms. The van der Waals surface area contributed by atoms with Gasteiger partial charge in [0, 0.05) is 13.6 Å². The minimum Gasteiger partial charge on any atom is -0.297 e. The zero-order chi connectivity index (χ0) is 12.4. The summed E-state index contributed by atoms with van der Waals surface area (Å²) in [6, 6.07) is 0. The third-order valence-electron chi connectivity index (χ3n) is 2.50. The van der Waals surface area contributed by atoms with Crippen LogP contribution in [0.1, 0.15) is 20.3 Å². The number of hydrogen-bond acceptors (Lipinski definition) is 4. The van der Waals surface area contributed by atoms with Gasteiger partial charge in [-0.05, 0) is 20.3 Å². The van der Waals surface area contributed by atoms with Crippen LogP contribution in [0.3, 0.4) is 0 Å². The number of aromatic nitrogens is 5. The third-order valence-corrected chi connectivity index (χ3v) is 2.50. The molecule has 2 rings (SSSR count). The molecule has 0 saturated heterocycles. The van der Waals surface area contributed by atoms with E-state index in [1.54, 1.807) is 17.9 Å². The molecule has 0 saturated carbocycles. The second kappa shape index (κ2) is 4.48. The Morgan fingerprint density at radius 3 is 2.94 bits per heavy atom. The van der Waals surface area contributed by atoms with Crippen LogP contribution in [0.15, 0.2) is 22.8 Å². The maximum atomic E-state index is 12.0. The van der Waals surface area contributed by atoms with Gasteiger partial charge in [-0.3, -0.25) is 9.36 Å². The molecule has 6 heteroatoms. The van der Waals surface area contributed by atoms with Crippen molar-refractivity contribution < 1.29 is 0 Å². The van der Waals surface area contributed by atoms with Crippen molar-refractivity contribution in [3.63, 3.8) is 0 Å². The Hall–Kier alpha value is -1.98. The van der Waals surface area contributed by atoms with E-state index >= 15 is 0 Å². The molecule has 17 heavy (non-hydrogen) atoms. The highest BCUT2D eigenvalue weighted by atomic mass is 16.1. The normalized spacial score (nSPS) is 10.8. The maximum absolute atomic E-state index is 12.0. The van der Waals surface area contributed by atoms with Gasteiger partial charge in [0.15, 0.2) is 11.2 Å². The Balaban J connectivity index is 2.33. The average molecular weight is 233 g/mol. The van der Waals surface area contributed by atoms with Crippen molar-refractivity contribution in [2.24, 2.45) is 7.05 Å². The molecule has 0 spiro atoms. The van der Waals surface area contributed by atoms with E-state index < -0.39 is 0 Å². The quantitative estimate of drug-likeness (QED) is 0.738. The number of aryl methyl sites for hydroxylation is 2. The molecule has 0 aliphatic carbocycles. The first-order chi connectivity index (χ1) is 8.09. The van der Waals surface area contributed by atoms with Gasteiger partial charge in [-0.2, -0.15) is 0 Å². The molecule has 0 N–H and O–H groups in total. The van der Waals surface area contributed by atoms with E-state index in [1.165, 1.54) is 10.3 Å². The van der Waals surface area contributed by atoms with Gasteiger partial charge in [-0.25, -0.2) is 9.67 Å². The van der Waals surface area contributed by atoms with Crippen molar-refractivity contribution in [3.05, 3.63) is 28.3 Å². The SMILES string of the molecule is CC(C)=CCCn1cnc2c(nnn2C)c1=O. The van der Waals surface area contributed by atoms with E-state index in [0.717, 1.165) is 6.42 Å². The van der Waals surface area contributed by atoms with E-state index in [1.807, 2.05) is 13.8 Å². The van der Waals surface area contributed by atoms with Gasteiger partial charge in [0.25, 0.3) is 5.56 Å². The smallest absolute Gasteiger partial charge is 0.283 e. The third kappa shape index (κ3) is 2.25. The van der Waals surface area contributed by atoms with Gasteiger partial charge in [0.1, 0.15) is 6.33 Å². The molecule has 0 aliphatic rings. The molecule has 6 nitrogen and oxygen atoms in total. The van der Waals surface area contributed by atoms with E-state index in [0.29, 0.717) is 17.7 Å². The van der Waals surface area contributed by atoms with Crippen LogP contribution in [0.2, 0.25) is 0 Å². The van der Waals surface area contributed by atoms with Crippen LogP contribution in [0.25, 0.3) is 11.2 Å². The second-order valence-electron chi connectivity index (χ2n) is 4.20. The molecule has 0 aliphatic heterocycles. The standard InChI is InChI=1S/C11H15N5O/c1-8(2)5-4-6-16-7-12-10-9(11(16)17)13-14-15(10)3/h5,7H,4,6H2,1-3H3. The fourth-order valence-electron chi connectivity index (χ4n) is 1.60. The molecular formula is C11H15N5O. The van der Waals surface area contributed by atoms with Crippen molar-refractivity contribution in [1.29, 1.82) is 0 Å². The fraction of sp³-hybridized carbons (Fsp3) is 0.455. The number of fused-ring (bicyclic) bond motifs is 1. The van der Waals surface area contributed by atoms with Crippen LogP contribution in [0.4, 0.5) is 0 Å². The first-order valence-electron chi connectivity index (χ1n) is 5.48. The Morgan fingerprint density at radius 2 is 2.24 bits per heavy atom. The Bertz CT molecular complexity index is 618. The number of hydrogen-bond donors (Lipinski definition) is 0. The summed E-state index contributed by atoms with van der Waals surface area (Å²) in [5, 5.41) is 7.61. The minimum atomic E-state index is -0.134. The highest BCUT2D eigenvalue weighted by molar-refractivity contribution is 5.67. The molecule has 2 aromatic rings. The number of rotatable bonds is 3. The highest BCUT2D eigenvalue weighted by Gasteiger charge is 2.08. The molecule has 0 fully saturated rings. The molecule has 0 radical (unpaired) electrons. The van der Waals surface area contributed by atoms with Crippen LogP contribution < -0.4 is 5.56 Å². The first-order valence-corrected chi connectivity index (χ1v) is 5.48. The van der Waals surface area contributed by atoms with E-state index in [9.17, 15) is 4.79 Å². The number of allylic oxidation sites excluding steroid dienone is 2. The lowest BCUT2D eigenvalue weighted by molar-refractivity contribution is 0.669. The predicted molar refractivity (Wildman–Crippen MR) is 64.6 cm³/mol. The summed E-state index contributed by atoms with van der Waals surface area (Å²) >= 11 is 0. The fourth-order valence-corrected chi connectivity index (χ4v) is 1.60. The lowest BCUT2D eigenvalue weighted by atomic mass is 10.3. The maximum Gasteiger partial charge on any atom is 0.283 e. The van der Waals surface area contributed by atoms with E-state index in [4.69, 9.17) is 0 Å². The van der Waals surface area contributed by atoms with Gasteiger partial charge in [-0.15, -0.1) is 5.10 Å². The Labute approximate surface area is 98.6 Å². The molecule has 2 aromatic heterocycles. The molecule has 2 heterocycles. The molecule has 90 valence electrons. The van der Waals surface area contributed by atoms with Crippen LogP contribution in [0, 0.1) is 0 Å². The van der Waals surface area contributed by atoms with Gasteiger partial charge in [0.2, 0.25) is 0 Å². The molecule has 0 unspecified atom stereocenters. The summed E-state index contributed by atoms with van der Waals surface area (Å²) in [5.41, 5.74) is 1.96. The van der Waals surface area contributed by atoms with E-state index in [2.05, 4.69) is 21.4 Å². The lowest BCUT2D eigenvalue weighted by Crippen LogP contribution is -2.20. The monoisotopic (exact) mass is 233 g/mol. The van der Waals surface area contributed by atoms with Crippen molar-refractivity contribution >= 4 is 11.2 Å². The Morgan fingerprint density at radius 1 is 1.47 bits per heavy atom.